The maximum Gasteiger partial charge on any atom is 0.350 e. The molecule has 208 valence electrons. The summed E-state index contributed by atoms with van der Waals surface area (Å²) >= 11 is 0.899. The summed E-state index contributed by atoms with van der Waals surface area (Å²) in [5, 5.41) is 11.4. The highest BCUT2D eigenvalue weighted by atomic mass is 32.1. The first-order chi connectivity index (χ1) is 19.2. The molecular formula is C29H28N2O8S. The molecule has 1 aliphatic rings. The van der Waals surface area contributed by atoms with Gasteiger partial charge in [0.05, 0.1) is 43.7 Å². The molecule has 11 heteroatoms. The number of aliphatic hydroxyl groups excluding tert-OH is 1. The molecule has 0 aliphatic carbocycles. The van der Waals surface area contributed by atoms with Gasteiger partial charge in [-0.25, -0.2) is 14.6 Å². The van der Waals surface area contributed by atoms with Crippen molar-refractivity contribution in [2.45, 2.75) is 32.7 Å². The van der Waals surface area contributed by atoms with Crippen molar-refractivity contribution in [1.29, 1.82) is 0 Å². The van der Waals surface area contributed by atoms with Crippen molar-refractivity contribution in [3.05, 3.63) is 81.4 Å². The van der Waals surface area contributed by atoms with Crippen LogP contribution in [0.15, 0.2) is 54.1 Å². The number of aryl methyl sites for hydroxylation is 1. The molecule has 1 fully saturated rings. The van der Waals surface area contributed by atoms with E-state index in [1.165, 1.54) is 26.4 Å². The third kappa shape index (κ3) is 5.46. The minimum Gasteiger partial charge on any atom is -0.507 e. The van der Waals surface area contributed by atoms with Gasteiger partial charge in [0.1, 0.15) is 16.4 Å². The monoisotopic (exact) mass is 564 g/mol. The van der Waals surface area contributed by atoms with Crippen LogP contribution in [-0.4, -0.2) is 54.5 Å². The van der Waals surface area contributed by atoms with E-state index < -0.39 is 29.7 Å². The lowest BCUT2D eigenvalue weighted by molar-refractivity contribution is -0.132. The van der Waals surface area contributed by atoms with Gasteiger partial charge in [-0.15, -0.1) is 0 Å². The predicted molar refractivity (Wildman–Crippen MR) is 148 cm³/mol. The van der Waals surface area contributed by atoms with Crippen molar-refractivity contribution in [2.24, 2.45) is 0 Å². The van der Waals surface area contributed by atoms with Gasteiger partial charge in [-0.1, -0.05) is 36.8 Å². The number of hydrogen-bond acceptors (Lipinski definition) is 10. The number of aliphatic hydroxyl groups is 1. The molecule has 1 saturated heterocycles. The van der Waals surface area contributed by atoms with E-state index in [2.05, 4.69) is 11.9 Å². The summed E-state index contributed by atoms with van der Waals surface area (Å²) in [6.07, 6.45) is 1.88. The summed E-state index contributed by atoms with van der Waals surface area (Å²) in [6.45, 7) is 4.20. The van der Waals surface area contributed by atoms with Crippen molar-refractivity contribution in [2.75, 3.05) is 25.7 Å². The molecule has 2 heterocycles. The number of carbonyl (C=O) groups is 4. The van der Waals surface area contributed by atoms with Crippen LogP contribution in [0.4, 0.5) is 5.13 Å². The van der Waals surface area contributed by atoms with Crippen molar-refractivity contribution < 1.29 is 38.5 Å². The smallest absolute Gasteiger partial charge is 0.350 e. The second-order valence-corrected chi connectivity index (χ2v) is 9.89. The normalized spacial score (nSPS) is 16.2. The molecule has 1 atom stereocenters. The van der Waals surface area contributed by atoms with E-state index in [1.807, 2.05) is 0 Å². The average molecular weight is 565 g/mol. The minimum absolute atomic E-state index is 0.0840. The molecule has 0 bridgehead atoms. The fourth-order valence-electron chi connectivity index (χ4n) is 4.23. The Morgan fingerprint density at radius 2 is 1.60 bits per heavy atom. The van der Waals surface area contributed by atoms with Gasteiger partial charge in [0.25, 0.3) is 5.78 Å². The van der Waals surface area contributed by atoms with Gasteiger partial charge in [-0.2, -0.15) is 0 Å². The van der Waals surface area contributed by atoms with Crippen LogP contribution in [0, 0.1) is 6.92 Å². The third-order valence-electron chi connectivity index (χ3n) is 6.35. The average Bonchev–Trinajstić information content (AvgIpc) is 3.48. The van der Waals surface area contributed by atoms with Gasteiger partial charge >= 0.3 is 17.8 Å². The molecule has 1 amide bonds. The molecule has 1 aliphatic heterocycles. The molecule has 0 spiro atoms. The first-order valence-corrected chi connectivity index (χ1v) is 13.3. The molecule has 1 N–H and O–H groups in total. The maximum atomic E-state index is 13.4. The van der Waals surface area contributed by atoms with Crippen molar-refractivity contribution >= 4 is 45.9 Å². The number of unbranched alkanes of at least 4 members (excludes halogenated alkanes) is 1. The van der Waals surface area contributed by atoms with Gasteiger partial charge in [0.15, 0.2) is 5.13 Å². The van der Waals surface area contributed by atoms with E-state index in [4.69, 9.17) is 14.2 Å². The van der Waals surface area contributed by atoms with Crippen LogP contribution in [-0.2, 0) is 19.1 Å². The zero-order chi connectivity index (χ0) is 29.0. The standard InChI is InChI=1S/C29H28N2O8S/c1-5-6-15-39-20-13-11-18(12-14-20)23(32)21-22(17-7-9-19(10-8-17)27(35)37-3)31(26(34)24(21)33)29-30-16(2)25(40-29)28(36)38-4/h7-14,22,32H,5-6,15H2,1-4H3/b23-21-. The van der Waals surface area contributed by atoms with Crippen LogP contribution < -0.4 is 9.64 Å². The van der Waals surface area contributed by atoms with Crippen LogP contribution in [0.1, 0.15) is 62.7 Å². The quantitative estimate of drug-likeness (QED) is 0.128. The minimum atomic E-state index is -1.09. The Balaban J connectivity index is 1.83. The van der Waals surface area contributed by atoms with E-state index in [0.717, 1.165) is 29.1 Å². The Kier molecular flexibility index (Phi) is 8.64. The molecule has 4 rings (SSSR count). The number of aromatic nitrogens is 1. The topological polar surface area (TPSA) is 132 Å². The molecule has 1 aromatic heterocycles. The number of thiazole rings is 1. The molecule has 3 aromatic rings. The van der Waals surface area contributed by atoms with Gasteiger partial charge in [0, 0.05) is 5.56 Å². The Morgan fingerprint density at radius 1 is 0.975 bits per heavy atom. The summed E-state index contributed by atoms with van der Waals surface area (Å²) in [4.78, 5) is 56.7. The van der Waals surface area contributed by atoms with Crippen LogP contribution >= 0.6 is 11.3 Å². The highest BCUT2D eigenvalue weighted by molar-refractivity contribution is 7.17. The molecule has 10 nitrogen and oxygen atoms in total. The van der Waals surface area contributed by atoms with Crippen molar-refractivity contribution in [1.82, 2.24) is 4.98 Å². The molecule has 1 unspecified atom stereocenters. The number of benzene rings is 2. The summed E-state index contributed by atoms with van der Waals surface area (Å²) < 4.78 is 15.3. The zero-order valence-corrected chi connectivity index (χ0v) is 23.2. The largest absolute Gasteiger partial charge is 0.507 e. The molecule has 2 aromatic carbocycles. The lowest BCUT2D eigenvalue weighted by Crippen LogP contribution is -2.29. The Labute approximate surface area is 234 Å². The van der Waals surface area contributed by atoms with Crippen LogP contribution in [0.3, 0.4) is 0 Å². The number of anilines is 1. The number of amides is 1. The van der Waals surface area contributed by atoms with E-state index in [9.17, 15) is 24.3 Å². The summed E-state index contributed by atoms with van der Waals surface area (Å²) in [5.74, 6) is -2.81. The van der Waals surface area contributed by atoms with Gasteiger partial charge in [0.2, 0.25) is 0 Å². The summed E-state index contributed by atoms with van der Waals surface area (Å²) in [6, 6.07) is 11.6. The van der Waals surface area contributed by atoms with Gasteiger partial charge < -0.3 is 19.3 Å². The predicted octanol–water partition coefficient (Wildman–Crippen LogP) is 4.83. The zero-order valence-electron chi connectivity index (χ0n) is 22.4. The number of rotatable bonds is 9. The fourth-order valence-corrected chi connectivity index (χ4v) is 5.24. The second kappa shape index (κ2) is 12.1. The number of nitrogens with zero attached hydrogens (tertiary/aromatic N) is 2. The number of carbonyl (C=O) groups excluding carboxylic acids is 4. The van der Waals surface area contributed by atoms with E-state index in [-0.39, 0.29) is 26.9 Å². The highest BCUT2D eigenvalue weighted by Gasteiger charge is 2.48. The molecule has 40 heavy (non-hydrogen) atoms. The number of Topliss-reactive ketones (excluding diaryl/α,β-unsaturated/α-hetero) is 1. The Morgan fingerprint density at radius 3 is 2.20 bits per heavy atom. The van der Waals surface area contributed by atoms with Crippen LogP contribution in [0.25, 0.3) is 5.76 Å². The Bertz CT molecular complexity index is 1470. The van der Waals surface area contributed by atoms with Gasteiger partial charge in [-0.3, -0.25) is 14.5 Å². The maximum absolute atomic E-state index is 13.4. The number of esters is 2. The van der Waals surface area contributed by atoms with Gasteiger partial charge in [-0.05, 0) is 55.3 Å². The van der Waals surface area contributed by atoms with E-state index >= 15 is 0 Å². The highest BCUT2D eigenvalue weighted by Crippen LogP contribution is 2.44. The molecule has 0 saturated carbocycles. The number of ketones is 1. The number of ether oxygens (including phenoxy) is 3. The Hall–Kier alpha value is -4.51. The van der Waals surface area contributed by atoms with E-state index in [0.29, 0.717) is 29.2 Å². The van der Waals surface area contributed by atoms with Crippen molar-refractivity contribution in [3.8, 4) is 5.75 Å². The molecule has 0 radical (unpaired) electrons. The SMILES string of the molecule is CCCCOc1ccc(/C(O)=C2/C(=O)C(=O)N(c3nc(C)c(C(=O)OC)s3)C2c2ccc(C(=O)OC)cc2)cc1. The first-order valence-electron chi connectivity index (χ1n) is 12.5. The van der Waals surface area contributed by atoms with Crippen molar-refractivity contribution in [3.63, 3.8) is 0 Å². The fraction of sp³-hybridized carbons (Fsp3) is 0.276. The number of hydrogen-bond donors (Lipinski definition) is 1. The molecular weight excluding hydrogens is 536 g/mol. The number of methoxy groups -OCH3 is 2. The summed E-state index contributed by atoms with van der Waals surface area (Å²) in [5.41, 5.74) is 1.16. The third-order valence-corrected chi connectivity index (χ3v) is 7.49. The van der Waals surface area contributed by atoms with E-state index in [1.54, 1.807) is 43.3 Å². The summed E-state index contributed by atoms with van der Waals surface area (Å²) in [7, 11) is 2.49. The lowest BCUT2D eigenvalue weighted by atomic mass is 9.94. The second-order valence-electron chi connectivity index (χ2n) is 8.91. The van der Waals surface area contributed by atoms with Crippen LogP contribution in [0.2, 0.25) is 0 Å². The first kappa shape index (κ1) is 28.5. The van der Waals surface area contributed by atoms with Crippen LogP contribution in [0.5, 0.6) is 5.75 Å². The lowest BCUT2D eigenvalue weighted by Gasteiger charge is -2.23.